The van der Waals surface area contributed by atoms with E-state index in [4.69, 9.17) is 5.11 Å². The van der Waals surface area contributed by atoms with Gasteiger partial charge in [-0.25, -0.2) is 0 Å². The van der Waals surface area contributed by atoms with Crippen LogP contribution in [0.2, 0.25) is 0 Å². The Hall–Kier alpha value is -0.310. The molecule has 0 aromatic heterocycles. The Morgan fingerprint density at radius 2 is 1.90 bits per heavy atom. The number of para-hydroxylation sites is 1. The Kier molecular flexibility index (Phi) is 4.36. The van der Waals surface area contributed by atoms with Gasteiger partial charge in [-0.2, -0.15) is 0 Å². The number of phenolic OH excluding ortho intramolecular Hbond substituents is 1. The molecule has 0 bridgehead atoms. The van der Waals surface area contributed by atoms with E-state index in [1.165, 1.54) is 6.07 Å². The second kappa shape index (κ2) is 4.50. The molecule has 0 saturated heterocycles. The van der Waals surface area contributed by atoms with Crippen LogP contribution in [0.3, 0.4) is 0 Å². The van der Waals surface area contributed by atoms with Crippen LogP contribution >= 0.6 is 0 Å². The van der Waals surface area contributed by atoms with Crippen LogP contribution < -0.4 is 0 Å². The van der Waals surface area contributed by atoms with E-state index in [0.29, 0.717) is 11.8 Å². The molecule has 0 unspecified atom stereocenters. The quantitative estimate of drug-likeness (QED) is 0.464. The molecular formula is C7H7NaO2. The Morgan fingerprint density at radius 3 is 2.30 bits per heavy atom. The van der Waals surface area contributed by atoms with Crippen molar-refractivity contribution in [1.29, 1.82) is 0 Å². The van der Waals surface area contributed by atoms with Crippen molar-refractivity contribution in [3.05, 3.63) is 29.8 Å². The third-order valence-corrected chi connectivity index (χ3v) is 1.06. The fourth-order valence-corrected chi connectivity index (χ4v) is 0.587. The molecule has 1 aromatic rings. The first-order chi connectivity index (χ1) is 4.34. The Balaban J connectivity index is 0.000000810. The normalized spacial score (nSPS) is 8.00. The summed E-state index contributed by atoms with van der Waals surface area (Å²) in [7, 11) is 0. The molecule has 0 atom stereocenters. The van der Waals surface area contributed by atoms with Crippen LogP contribution in [0.5, 0.6) is 5.75 Å². The van der Waals surface area contributed by atoms with Crippen molar-refractivity contribution >= 4 is 35.8 Å². The number of hydrogen-bond acceptors (Lipinski definition) is 2. The molecule has 0 fully saturated rings. The van der Waals surface area contributed by atoms with Crippen molar-refractivity contribution in [3.63, 3.8) is 0 Å². The molecule has 0 aliphatic rings. The average molecular weight is 146 g/mol. The van der Waals surface area contributed by atoms with Crippen LogP contribution in [0.4, 0.5) is 0 Å². The Bertz CT molecular complexity index is 223. The van der Waals surface area contributed by atoms with E-state index in [-0.39, 0.29) is 35.3 Å². The van der Waals surface area contributed by atoms with E-state index in [1.54, 1.807) is 18.2 Å². The topological polar surface area (TPSA) is 37.3 Å². The molecule has 0 aliphatic carbocycles. The number of benzene rings is 1. The number of carbonyl (C=O) groups excluding carboxylic acids is 1. The monoisotopic (exact) mass is 146 g/mol. The molecule has 10 heavy (non-hydrogen) atoms. The SMILES string of the molecule is O=Cc1ccccc1O.[NaH]. The summed E-state index contributed by atoms with van der Waals surface area (Å²) >= 11 is 0. The second-order valence-corrected chi connectivity index (χ2v) is 1.68. The van der Waals surface area contributed by atoms with Crippen LogP contribution in [0.15, 0.2) is 24.3 Å². The van der Waals surface area contributed by atoms with E-state index >= 15 is 0 Å². The predicted molar refractivity (Wildman–Crippen MR) is 40.6 cm³/mol. The van der Waals surface area contributed by atoms with Crippen molar-refractivity contribution in [2.45, 2.75) is 0 Å². The molecular weight excluding hydrogens is 139 g/mol. The standard InChI is InChI=1S/C7H6O2.Na.H/c8-5-6-3-1-2-4-7(6)9;;/h1-5,9H;;. The van der Waals surface area contributed by atoms with Gasteiger partial charge in [0.15, 0.2) is 6.29 Å². The van der Waals surface area contributed by atoms with Gasteiger partial charge in [0.2, 0.25) is 0 Å². The summed E-state index contributed by atoms with van der Waals surface area (Å²) in [5.74, 6) is 0.0347. The van der Waals surface area contributed by atoms with Gasteiger partial charge in [-0.3, -0.25) is 4.79 Å². The number of hydrogen-bond donors (Lipinski definition) is 1. The molecule has 2 nitrogen and oxygen atoms in total. The van der Waals surface area contributed by atoms with Crippen LogP contribution in [-0.2, 0) is 0 Å². The first kappa shape index (κ1) is 9.69. The van der Waals surface area contributed by atoms with Crippen molar-refractivity contribution in [3.8, 4) is 5.75 Å². The minimum atomic E-state index is 0. The molecule has 0 amide bonds. The fraction of sp³-hybridized carbons (Fsp3) is 0. The minimum absolute atomic E-state index is 0. The molecule has 0 heterocycles. The maximum atomic E-state index is 10.1. The first-order valence-corrected chi connectivity index (χ1v) is 2.58. The number of phenols is 1. The molecule has 1 N–H and O–H groups in total. The van der Waals surface area contributed by atoms with Gasteiger partial charge in [-0.15, -0.1) is 0 Å². The van der Waals surface area contributed by atoms with Gasteiger partial charge in [0, 0.05) is 0 Å². The summed E-state index contributed by atoms with van der Waals surface area (Å²) < 4.78 is 0. The number of aldehydes is 1. The van der Waals surface area contributed by atoms with Gasteiger partial charge in [0.25, 0.3) is 0 Å². The fourth-order valence-electron chi connectivity index (χ4n) is 0.587. The summed E-state index contributed by atoms with van der Waals surface area (Å²) in [6.45, 7) is 0. The number of aromatic hydroxyl groups is 1. The van der Waals surface area contributed by atoms with E-state index in [9.17, 15) is 4.79 Å². The maximum absolute atomic E-state index is 10.1. The Morgan fingerprint density at radius 1 is 1.30 bits per heavy atom. The average Bonchev–Trinajstić information content (AvgIpc) is 1.89. The molecule has 0 radical (unpaired) electrons. The Labute approximate surface area is 81.2 Å². The molecule has 0 spiro atoms. The molecule has 3 heteroatoms. The summed E-state index contributed by atoms with van der Waals surface area (Å²) in [4.78, 5) is 10.1. The van der Waals surface area contributed by atoms with Crippen LogP contribution in [-0.4, -0.2) is 40.9 Å². The molecule has 48 valence electrons. The van der Waals surface area contributed by atoms with Gasteiger partial charge in [-0.05, 0) is 12.1 Å². The second-order valence-electron chi connectivity index (χ2n) is 1.68. The predicted octanol–water partition coefficient (Wildman–Crippen LogP) is 0.556. The van der Waals surface area contributed by atoms with Gasteiger partial charge >= 0.3 is 29.6 Å². The third-order valence-electron chi connectivity index (χ3n) is 1.06. The zero-order valence-electron chi connectivity index (χ0n) is 4.74. The van der Waals surface area contributed by atoms with Crippen molar-refractivity contribution in [1.82, 2.24) is 0 Å². The van der Waals surface area contributed by atoms with E-state index in [2.05, 4.69) is 0 Å². The first-order valence-electron chi connectivity index (χ1n) is 2.58. The van der Waals surface area contributed by atoms with Crippen molar-refractivity contribution in [2.75, 3.05) is 0 Å². The van der Waals surface area contributed by atoms with Gasteiger partial charge < -0.3 is 5.11 Å². The zero-order valence-corrected chi connectivity index (χ0v) is 4.74. The van der Waals surface area contributed by atoms with Gasteiger partial charge in [0.05, 0.1) is 5.56 Å². The summed E-state index contributed by atoms with van der Waals surface area (Å²) in [5.41, 5.74) is 0.331. The number of carbonyl (C=O) groups is 1. The summed E-state index contributed by atoms with van der Waals surface area (Å²) in [6.07, 6.45) is 0.620. The summed E-state index contributed by atoms with van der Waals surface area (Å²) in [6, 6.07) is 6.40. The molecule has 1 rings (SSSR count). The molecule has 0 aliphatic heterocycles. The molecule has 0 saturated carbocycles. The van der Waals surface area contributed by atoms with Crippen LogP contribution in [0.25, 0.3) is 0 Å². The van der Waals surface area contributed by atoms with E-state index < -0.39 is 0 Å². The van der Waals surface area contributed by atoms with Crippen LogP contribution in [0.1, 0.15) is 10.4 Å². The van der Waals surface area contributed by atoms with Crippen LogP contribution in [0, 0.1) is 0 Å². The number of rotatable bonds is 1. The van der Waals surface area contributed by atoms with Crippen molar-refractivity contribution < 1.29 is 9.90 Å². The van der Waals surface area contributed by atoms with E-state index in [1.807, 2.05) is 0 Å². The molecule has 1 aromatic carbocycles. The zero-order chi connectivity index (χ0) is 6.69. The third kappa shape index (κ3) is 2.14. The van der Waals surface area contributed by atoms with Gasteiger partial charge in [-0.1, -0.05) is 12.1 Å². The van der Waals surface area contributed by atoms with Crippen molar-refractivity contribution in [2.24, 2.45) is 0 Å². The van der Waals surface area contributed by atoms with E-state index in [0.717, 1.165) is 0 Å². The summed E-state index contributed by atoms with van der Waals surface area (Å²) in [5, 5.41) is 8.88. The van der Waals surface area contributed by atoms with Gasteiger partial charge in [0.1, 0.15) is 5.75 Å².